The summed E-state index contributed by atoms with van der Waals surface area (Å²) in [5.74, 6) is 0.0613. The maximum atomic E-state index is 12.6. The zero-order chi connectivity index (χ0) is 15.8. The fourth-order valence-electron chi connectivity index (χ4n) is 2.72. The van der Waals surface area contributed by atoms with Crippen molar-refractivity contribution < 1.29 is 9.53 Å². The summed E-state index contributed by atoms with van der Waals surface area (Å²) >= 11 is 0. The molecular formula is C17H27N3O2. The third-order valence-corrected chi connectivity index (χ3v) is 3.90. The van der Waals surface area contributed by atoms with Crippen LogP contribution in [0.1, 0.15) is 38.8 Å². The molecule has 1 unspecified atom stereocenters. The molecule has 2 heterocycles. The van der Waals surface area contributed by atoms with E-state index in [0.29, 0.717) is 6.54 Å². The molecule has 1 N–H and O–H groups in total. The summed E-state index contributed by atoms with van der Waals surface area (Å²) in [6, 6.07) is 6.09. The molecule has 1 amide bonds. The zero-order valence-electron chi connectivity index (χ0n) is 13.6. The third-order valence-electron chi connectivity index (χ3n) is 3.90. The van der Waals surface area contributed by atoms with Gasteiger partial charge in [0.1, 0.15) is 6.61 Å². The van der Waals surface area contributed by atoms with Crippen molar-refractivity contribution in [3.8, 4) is 0 Å². The van der Waals surface area contributed by atoms with E-state index in [0.717, 1.165) is 38.0 Å². The van der Waals surface area contributed by atoms with Crippen molar-refractivity contribution in [2.24, 2.45) is 0 Å². The lowest BCUT2D eigenvalue weighted by Gasteiger charge is -2.31. The van der Waals surface area contributed by atoms with Gasteiger partial charge in [-0.1, -0.05) is 6.07 Å². The number of carbonyl (C=O) groups excluding carboxylic acids is 1. The van der Waals surface area contributed by atoms with Crippen LogP contribution in [0.2, 0.25) is 0 Å². The minimum atomic E-state index is 0.0613. The summed E-state index contributed by atoms with van der Waals surface area (Å²) in [4.78, 5) is 18.9. The van der Waals surface area contributed by atoms with Gasteiger partial charge in [-0.25, -0.2) is 0 Å². The fourth-order valence-corrected chi connectivity index (χ4v) is 2.72. The van der Waals surface area contributed by atoms with Crippen LogP contribution in [0, 0.1) is 0 Å². The quantitative estimate of drug-likeness (QED) is 0.873. The molecule has 0 bridgehead atoms. The SMILES string of the molecule is CC(C)OCC(=O)N(Cc1ccccn1)C1CCCNCC1. The molecule has 122 valence electrons. The van der Waals surface area contributed by atoms with E-state index in [-0.39, 0.29) is 24.7 Å². The summed E-state index contributed by atoms with van der Waals surface area (Å²) in [5, 5.41) is 3.40. The Labute approximate surface area is 133 Å². The van der Waals surface area contributed by atoms with Gasteiger partial charge in [0, 0.05) is 12.2 Å². The molecule has 0 aliphatic carbocycles. The minimum Gasteiger partial charge on any atom is -0.369 e. The molecule has 0 saturated carbocycles. The Morgan fingerprint density at radius 2 is 2.27 bits per heavy atom. The van der Waals surface area contributed by atoms with Gasteiger partial charge in [-0.2, -0.15) is 0 Å². The Balaban J connectivity index is 2.06. The number of pyridine rings is 1. The van der Waals surface area contributed by atoms with E-state index >= 15 is 0 Å². The van der Waals surface area contributed by atoms with Gasteiger partial charge < -0.3 is 15.0 Å². The predicted molar refractivity (Wildman–Crippen MR) is 86.4 cm³/mol. The lowest BCUT2D eigenvalue weighted by Crippen LogP contribution is -2.42. The van der Waals surface area contributed by atoms with Crippen molar-refractivity contribution in [3.63, 3.8) is 0 Å². The molecule has 0 radical (unpaired) electrons. The standard InChI is InChI=1S/C17H27N3O2/c1-14(2)22-13-17(21)20(12-15-6-3-4-10-19-15)16-7-5-9-18-11-8-16/h3-4,6,10,14,16,18H,5,7-9,11-13H2,1-2H3. The van der Waals surface area contributed by atoms with E-state index in [4.69, 9.17) is 4.74 Å². The van der Waals surface area contributed by atoms with Crippen LogP contribution in [0.25, 0.3) is 0 Å². The second-order valence-corrected chi connectivity index (χ2v) is 6.04. The first-order valence-corrected chi connectivity index (χ1v) is 8.18. The third kappa shape index (κ3) is 5.39. The molecule has 5 nitrogen and oxygen atoms in total. The lowest BCUT2D eigenvalue weighted by atomic mass is 10.1. The van der Waals surface area contributed by atoms with Crippen LogP contribution in [-0.2, 0) is 16.1 Å². The van der Waals surface area contributed by atoms with Gasteiger partial charge in [-0.05, 0) is 58.3 Å². The summed E-state index contributed by atoms with van der Waals surface area (Å²) in [6.45, 7) is 6.60. The number of aromatic nitrogens is 1. The van der Waals surface area contributed by atoms with E-state index in [2.05, 4.69) is 10.3 Å². The summed E-state index contributed by atoms with van der Waals surface area (Å²) in [7, 11) is 0. The first-order valence-electron chi connectivity index (χ1n) is 8.18. The molecule has 1 aliphatic rings. The molecule has 1 aliphatic heterocycles. The van der Waals surface area contributed by atoms with Crippen LogP contribution >= 0.6 is 0 Å². The summed E-state index contributed by atoms with van der Waals surface area (Å²) in [6.07, 6.45) is 4.96. The van der Waals surface area contributed by atoms with Crippen molar-refractivity contribution in [1.82, 2.24) is 15.2 Å². The van der Waals surface area contributed by atoms with Crippen LogP contribution in [-0.4, -0.2) is 47.6 Å². The first kappa shape index (κ1) is 16.9. The van der Waals surface area contributed by atoms with Crippen LogP contribution in [0.3, 0.4) is 0 Å². The predicted octanol–water partition coefficient (Wildman–Crippen LogP) is 1.98. The van der Waals surface area contributed by atoms with Crippen LogP contribution < -0.4 is 5.32 Å². The Hall–Kier alpha value is -1.46. The van der Waals surface area contributed by atoms with E-state index in [1.165, 1.54) is 0 Å². The molecular weight excluding hydrogens is 278 g/mol. The lowest BCUT2D eigenvalue weighted by molar-refractivity contribution is -0.141. The van der Waals surface area contributed by atoms with E-state index < -0.39 is 0 Å². The van der Waals surface area contributed by atoms with E-state index in [9.17, 15) is 4.79 Å². The molecule has 1 saturated heterocycles. The molecule has 5 heteroatoms. The maximum Gasteiger partial charge on any atom is 0.249 e. The first-order chi connectivity index (χ1) is 10.7. The number of ether oxygens (including phenoxy) is 1. The number of nitrogens with one attached hydrogen (secondary N) is 1. The number of rotatable bonds is 6. The van der Waals surface area contributed by atoms with Crippen molar-refractivity contribution >= 4 is 5.91 Å². The number of amides is 1. The van der Waals surface area contributed by atoms with Crippen molar-refractivity contribution in [3.05, 3.63) is 30.1 Å². The average molecular weight is 305 g/mol. The largest absolute Gasteiger partial charge is 0.369 e. The topological polar surface area (TPSA) is 54.5 Å². The molecule has 0 spiro atoms. The normalized spacial score (nSPS) is 19.0. The monoisotopic (exact) mass is 305 g/mol. The van der Waals surface area contributed by atoms with Gasteiger partial charge in [-0.3, -0.25) is 9.78 Å². The van der Waals surface area contributed by atoms with E-state index in [1.54, 1.807) is 6.20 Å². The molecule has 1 aromatic heterocycles. The Kier molecular flexibility index (Phi) is 6.80. The molecule has 1 aromatic rings. The number of nitrogens with zero attached hydrogens (tertiary/aromatic N) is 2. The smallest absolute Gasteiger partial charge is 0.249 e. The van der Waals surface area contributed by atoms with E-state index in [1.807, 2.05) is 36.9 Å². The van der Waals surface area contributed by atoms with Gasteiger partial charge in [0.25, 0.3) is 0 Å². The number of hydrogen-bond donors (Lipinski definition) is 1. The highest BCUT2D eigenvalue weighted by Crippen LogP contribution is 2.17. The molecule has 0 aromatic carbocycles. The number of carbonyl (C=O) groups is 1. The zero-order valence-corrected chi connectivity index (χ0v) is 13.6. The highest BCUT2D eigenvalue weighted by atomic mass is 16.5. The average Bonchev–Trinajstić information content (AvgIpc) is 2.80. The van der Waals surface area contributed by atoms with Crippen molar-refractivity contribution in [1.29, 1.82) is 0 Å². The van der Waals surface area contributed by atoms with Gasteiger partial charge in [0.2, 0.25) is 5.91 Å². The van der Waals surface area contributed by atoms with Gasteiger partial charge in [0.05, 0.1) is 18.3 Å². The van der Waals surface area contributed by atoms with Gasteiger partial charge in [-0.15, -0.1) is 0 Å². The molecule has 1 fully saturated rings. The molecule has 22 heavy (non-hydrogen) atoms. The fraction of sp³-hybridized carbons (Fsp3) is 0.647. The van der Waals surface area contributed by atoms with Crippen molar-refractivity contribution in [2.45, 2.75) is 51.8 Å². The van der Waals surface area contributed by atoms with Gasteiger partial charge in [0.15, 0.2) is 0 Å². The molecule has 2 rings (SSSR count). The van der Waals surface area contributed by atoms with Crippen LogP contribution in [0.15, 0.2) is 24.4 Å². The number of hydrogen-bond acceptors (Lipinski definition) is 4. The second kappa shape index (κ2) is 8.86. The van der Waals surface area contributed by atoms with Gasteiger partial charge >= 0.3 is 0 Å². The second-order valence-electron chi connectivity index (χ2n) is 6.04. The molecule has 1 atom stereocenters. The summed E-state index contributed by atoms with van der Waals surface area (Å²) < 4.78 is 5.52. The minimum absolute atomic E-state index is 0.0613. The maximum absolute atomic E-state index is 12.6. The Bertz CT molecular complexity index is 442. The highest BCUT2D eigenvalue weighted by Gasteiger charge is 2.25. The van der Waals surface area contributed by atoms with Crippen LogP contribution in [0.5, 0.6) is 0 Å². The van der Waals surface area contributed by atoms with Crippen molar-refractivity contribution in [2.75, 3.05) is 19.7 Å². The summed E-state index contributed by atoms with van der Waals surface area (Å²) in [5.41, 5.74) is 0.928. The van der Waals surface area contributed by atoms with Crippen LogP contribution in [0.4, 0.5) is 0 Å². The Morgan fingerprint density at radius 1 is 1.41 bits per heavy atom. The Morgan fingerprint density at radius 3 is 3.00 bits per heavy atom. The highest BCUT2D eigenvalue weighted by molar-refractivity contribution is 5.77.